The summed E-state index contributed by atoms with van der Waals surface area (Å²) in [5, 5.41) is 11.6. The van der Waals surface area contributed by atoms with Crippen LogP contribution in [-0.2, 0) is 4.79 Å². The van der Waals surface area contributed by atoms with Gasteiger partial charge >= 0.3 is 0 Å². The van der Waals surface area contributed by atoms with Crippen molar-refractivity contribution in [2.24, 2.45) is 10.4 Å². The highest BCUT2D eigenvalue weighted by atomic mass is 16.3. The van der Waals surface area contributed by atoms with Crippen LogP contribution < -0.4 is 0 Å². The molecule has 1 N–H and O–H groups in total. The monoisotopic (exact) mass is 383 g/mol. The van der Waals surface area contributed by atoms with Crippen LogP contribution in [0.15, 0.2) is 35.3 Å². The Morgan fingerprint density at radius 2 is 2.07 bits per heavy atom. The predicted octanol–water partition coefficient (Wildman–Crippen LogP) is 3.12. The maximum Gasteiger partial charge on any atom is 0.145 e. The number of aliphatic hydroxyl groups is 1. The summed E-state index contributed by atoms with van der Waals surface area (Å²) in [6.07, 6.45) is 9.39. The van der Waals surface area contributed by atoms with E-state index in [0.717, 1.165) is 49.8 Å². The van der Waals surface area contributed by atoms with Crippen molar-refractivity contribution in [2.75, 3.05) is 33.7 Å². The first-order chi connectivity index (χ1) is 13.4. The molecule has 2 fully saturated rings. The van der Waals surface area contributed by atoms with Gasteiger partial charge in [-0.05, 0) is 39.3 Å². The number of aliphatic imine (C=N–C) groups is 1. The van der Waals surface area contributed by atoms with Crippen LogP contribution in [0.3, 0.4) is 0 Å². The van der Waals surface area contributed by atoms with Gasteiger partial charge in [0.2, 0.25) is 0 Å². The van der Waals surface area contributed by atoms with Crippen molar-refractivity contribution in [2.45, 2.75) is 44.6 Å². The summed E-state index contributed by atoms with van der Waals surface area (Å²) in [6.45, 7) is 4.47. The van der Waals surface area contributed by atoms with Crippen LogP contribution in [0, 0.1) is 12.3 Å². The van der Waals surface area contributed by atoms with Gasteiger partial charge in [0.05, 0.1) is 17.6 Å². The van der Waals surface area contributed by atoms with Crippen LogP contribution in [0.1, 0.15) is 43.2 Å². The number of piperidine rings is 1. The van der Waals surface area contributed by atoms with Gasteiger partial charge in [-0.25, -0.2) is 4.99 Å². The number of likely N-dealkylation sites (N-methyl/N-ethyl adjacent to an activating group) is 1. The summed E-state index contributed by atoms with van der Waals surface area (Å²) >= 11 is 0. The summed E-state index contributed by atoms with van der Waals surface area (Å²) in [4.78, 5) is 20.0. The number of allylic oxidation sites excluding steroid dienone is 1. The number of hydrogen-bond donors (Lipinski definition) is 1. The number of carbonyl (C=O) groups is 1. The minimum atomic E-state index is -0.700. The van der Waals surface area contributed by atoms with Crippen molar-refractivity contribution in [3.63, 3.8) is 0 Å². The summed E-state index contributed by atoms with van der Waals surface area (Å²) in [7, 11) is 4.11. The molecule has 5 heteroatoms. The van der Waals surface area contributed by atoms with E-state index in [1.807, 2.05) is 43.1 Å². The van der Waals surface area contributed by atoms with Crippen molar-refractivity contribution in [3.8, 4) is 0 Å². The molecule has 1 saturated heterocycles. The third kappa shape index (κ3) is 4.36. The fourth-order valence-electron chi connectivity index (χ4n) is 5.00. The second-order valence-corrected chi connectivity index (χ2v) is 8.72. The van der Waals surface area contributed by atoms with Crippen molar-refractivity contribution in [1.82, 2.24) is 9.80 Å². The molecule has 1 heterocycles. The first-order valence-corrected chi connectivity index (χ1v) is 10.3. The van der Waals surface area contributed by atoms with E-state index >= 15 is 0 Å². The highest BCUT2D eigenvalue weighted by Gasteiger charge is 2.54. The van der Waals surface area contributed by atoms with E-state index in [9.17, 15) is 9.90 Å². The van der Waals surface area contributed by atoms with Crippen LogP contribution in [0.5, 0.6) is 0 Å². The van der Waals surface area contributed by atoms with Gasteiger partial charge in [-0.15, -0.1) is 0 Å². The van der Waals surface area contributed by atoms with Crippen molar-refractivity contribution < 1.29 is 9.90 Å². The lowest BCUT2D eigenvalue weighted by Crippen LogP contribution is -2.62. The molecule has 1 aromatic rings. The van der Waals surface area contributed by atoms with Crippen LogP contribution in [0.25, 0.3) is 5.70 Å². The Morgan fingerprint density at radius 3 is 2.75 bits per heavy atom. The molecule has 28 heavy (non-hydrogen) atoms. The molecule has 0 bridgehead atoms. The van der Waals surface area contributed by atoms with Gasteiger partial charge < -0.3 is 14.9 Å². The smallest absolute Gasteiger partial charge is 0.145 e. The number of aryl methyl sites for hydroxylation is 1. The number of likely N-dealkylation sites (tertiary alicyclic amines) is 1. The van der Waals surface area contributed by atoms with E-state index in [4.69, 9.17) is 0 Å². The molecule has 0 aromatic heterocycles. The van der Waals surface area contributed by atoms with E-state index < -0.39 is 5.60 Å². The topological polar surface area (TPSA) is 56.1 Å². The average molecular weight is 384 g/mol. The normalized spacial score (nSPS) is 25.5. The zero-order valence-corrected chi connectivity index (χ0v) is 17.4. The highest BCUT2D eigenvalue weighted by molar-refractivity contribution is 5.84. The molecule has 1 spiro atoms. The number of nitrogens with zero attached hydrogens (tertiary/aromatic N) is 3. The first kappa shape index (κ1) is 20.7. The standard InChI is InChI=1S/C23H33N3O2/c1-19-7-6-8-20(15-19)21(9-14-27)24-18-26(3)17-23(28)12-13-25(2)16-22(23)10-4-5-11-22/h6-9,14-15,18,28H,4-5,10-13,16-17H2,1-3H3/b21-9-,24-18?. The highest BCUT2D eigenvalue weighted by Crippen LogP contribution is 2.50. The molecule has 1 aliphatic carbocycles. The fourth-order valence-corrected chi connectivity index (χ4v) is 5.00. The van der Waals surface area contributed by atoms with Gasteiger partial charge in [-0.3, -0.25) is 4.79 Å². The largest absolute Gasteiger partial charge is 0.387 e. The van der Waals surface area contributed by atoms with Gasteiger partial charge in [0.25, 0.3) is 0 Å². The Hall–Kier alpha value is -1.98. The van der Waals surface area contributed by atoms with E-state index in [1.165, 1.54) is 18.9 Å². The molecule has 152 valence electrons. The van der Waals surface area contributed by atoms with E-state index in [2.05, 4.69) is 16.9 Å². The van der Waals surface area contributed by atoms with Crippen molar-refractivity contribution in [1.29, 1.82) is 0 Å². The Morgan fingerprint density at radius 1 is 1.32 bits per heavy atom. The van der Waals surface area contributed by atoms with Crippen LogP contribution >= 0.6 is 0 Å². The minimum Gasteiger partial charge on any atom is -0.387 e. The number of hydrogen-bond acceptors (Lipinski definition) is 4. The second-order valence-electron chi connectivity index (χ2n) is 8.72. The third-order valence-electron chi connectivity index (χ3n) is 6.47. The molecule has 5 nitrogen and oxygen atoms in total. The third-order valence-corrected chi connectivity index (χ3v) is 6.47. The lowest BCUT2D eigenvalue weighted by atomic mass is 9.66. The number of carbonyl (C=O) groups excluding carboxylic acids is 1. The van der Waals surface area contributed by atoms with Gasteiger partial charge in [-0.2, -0.15) is 0 Å². The molecule has 1 unspecified atom stereocenters. The number of rotatable bonds is 6. The van der Waals surface area contributed by atoms with Crippen molar-refractivity contribution >= 4 is 18.3 Å². The molecule has 0 radical (unpaired) electrons. The van der Waals surface area contributed by atoms with E-state index in [0.29, 0.717) is 12.2 Å². The summed E-state index contributed by atoms with van der Waals surface area (Å²) in [5.74, 6) is 0. The van der Waals surface area contributed by atoms with E-state index in [-0.39, 0.29) is 5.41 Å². The maximum atomic E-state index is 11.6. The second kappa shape index (κ2) is 8.58. The molecule has 3 rings (SSSR count). The van der Waals surface area contributed by atoms with E-state index in [1.54, 1.807) is 6.34 Å². The van der Waals surface area contributed by atoms with Gasteiger partial charge in [0.1, 0.15) is 6.29 Å². The molecular weight excluding hydrogens is 350 g/mol. The minimum absolute atomic E-state index is 0.0138. The fraction of sp³-hybridized carbons (Fsp3) is 0.565. The van der Waals surface area contributed by atoms with Crippen molar-refractivity contribution in [3.05, 3.63) is 41.5 Å². The number of benzene rings is 1. The van der Waals surface area contributed by atoms with Gasteiger partial charge in [0, 0.05) is 43.7 Å². The first-order valence-electron chi connectivity index (χ1n) is 10.3. The number of aldehydes is 1. The van der Waals surface area contributed by atoms with Crippen LogP contribution in [0.4, 0.5) is 0 Å². The lowest BCUT2D eigenvalue weighted by molar-refractivity contribution is -0.134. The predicted molar refractivity (Wildman–Crippen MR) is 114 cm³/mol. The zero-order chi connectivity index (χ0) is 20.2. The van der Waals surface area contributed by atoms with Crippen LogP contribution in [-0.4, -0.2) is 66.9 Å². The summed E-state index contributed by atoms with van der Waals surface area (Å²) in [5.41, 5.74) is 1.97. The molecule has 2 aliphatic rings. The Balaban J connectivity index is 1.75. The molecule has 1 saturated carbocycles. The quantitative estimate of drug-likeness (QED) is 0.355. The van der Waals surface area contributed by atoms with Gasteiger partial charge in [0.15, 0.2) is 0 Å². The Kier molecular flexibility index (Phi) is 6.36. The Bertz CT molecular complexity index is 752. The van der Waals surface area contributed by atoms with Gasteiger partial charge in [-0.1, -0.05) is 36.6 Å². The summed E-state index contributed by atoms with van der Waals surface area (Å²) in [6, 6.07) is 7.96. The molecule has 1 atom stereocenters. The summed E-state index contributed by atoms with van der Waals surface area (Å²) < 4.78 is 0. The average Bonchev–Trinajstić information content (AvgIpc) is 3.12. The SMILES string of the molecule is Cc1cccc(/C(=C/C=O)N=CN(C)CC2(O)CCN(C)CC23CCCC3)c1. The maximum absolute atomic E-state index is 11.6. The molecule has 1 aromatic carbocycles. The molecule has 1 aliphatic heterocycles. The molecule has 0 amide bonds. The lowest BCUT2D eigenvalue weighted by Gasteiger charge is -2.52. The van der Waals surface area contributed by atoms with Crippen LogP contribution in [0.2, 0.25) is 0 Å². The molecular formula is C23H33N3O2. The zero-order valence-electron chi connectivity index (χ0n) is 17.4. The Labute approximate surface area is 168 Å².